The van der Waals surface area contributed by atoms with Crippen molar-refractivity contribution < 1.29 is 52.6 Å². The molecule has 0 spiro atoms. The minimum Gasteiger partial charge on any atom is -0.871 e. The van der Waals surface area contributed by atoms with Crippen molar-refractivity contribution in [1.29, 1.82) is 0 Å². The van der Waals surface area contributed by atoms with E-state index in [9.17, 15) is 39.0 Å². The summed E-state index contributed by atoms with van der Waals surface area (Å²) in [4.78, 5) is 9.68. The number of para-hydroxylation sites is 2. The predicted octanol–water partition coefficient (Wildman–Crippen LogP) is 4.15. The second-order valence-corrected chi connectivity index (χ2v) is 12.0. The molecule has 0 fully saturated rings. The summed E-state index contributed by atoms with van der Waals surface area (Å²) in [5.41, 5.74) is 1.08. The van der Waals surface area contributed by atoms with Crippen LogP contribution in [0.15, 0.2) is 122 Å². The van der Waals surface area contributed by atoms with Crippen LogP contribution < -0.4 is 25.6 Å². The second kappa shape index (κ2) is 16.0. The summed E-state index contributed by atoms with van der Waals surface area (Å²) in [6, 6.07) is 23.8. The van der Waals surface area contributed by atoms with E-state index in [1.54, 1.807) is 68.4 Å². The molecule has 6 aromatic rings. The largest absolute Gasteiger partial charge is 3.00 e. The molecule has 2 heterocycles. The van der Waals surface area contributed by atoms with Gasteiger partial charge in [-0.1, -0.05) is 54.0 Å². The van der Waals surface area contributed by atoms with Crippen molar-refractivity contribution in [3.05, 3.63) is 119 Å². The third-order valence-electron chi connectivity index (χ3n) is 6.91. The average Bonchev–Trinajstić information content (AvgIpc) is 3.56. The maximum Gasteiger partial charge on any atom is 3.00 e. The third-order valence-corrected chi connectivity index (χ3v) is 7.82. The number of nitrogens with zero attached hydrogens (tertiary/aromatic N) is 9. The van der Waals surface area contributed by atoms with Crippen molar-refractivity contribution in [3.63, 3.8) is 0 Å². The van der Waals surface area contributed by atoms with Gasteiger partial charge in [0.1, 0.15) is 11.4 Å². The normalized spacial score (nSPS) is 11.3. The summed E-state index contributed by atoms with van der Waals surface area (Å²) in [5, 5.41) is 87.5. The molecule has 0 aliphatic heterocycles. The van der Waals surface area contributed by atoms with Crippen molar-refractivity contribution in [2.24, 2.45) is 25.6 Å². The molecule has 0 aliphatic rings. The first-order chi connectivity index (χ1) is 24.2. The summed E-state index contributed by atoms with van der Waals surface area (Å²) in [5.74, 6) is -2.19. The van der Waals surface area contributed by atoms with E-state index in [0.717, 1.165) is 30.3 Å². The van der Waals surface area contributed by atoms with Gasteiger partial charge in [0.25, 0.3) is 5.69 Å². The minimum atomic E-state index is -3.99. The fraction of sp³-hybridized carbons (Fsp3) is 0.0625. The van der Waals surface area contributed by atoms with Gasteiger partial charge < -0.3 is 20.4 Å². The van der Waals surface area contributed by atoms with Gasteiger partial charge in [-0.05, 0) is 56.3 Å². The maximum absolute atomic E-state index is 12.5. The van der Waals surface area contributed by atoms with Crippen molar-refractivity contribution in [2.75, 3.05) is 0 Å². The number of azo groups is 2. The summed E-state index contributed by atoms with van der Waals surface area (Å²) in [6.07, 6.45) is 0. The van der Waals surface area contributed by atoms with Gasteiger partial charge in [-0.15, -0.1) is 10.2 Å². The molecule has 0 atom stereocenters. The molecule has 1 radical (unpaired) electrons. The Labute approximate surface area is 307 Å². The quantitative estimate of drug-likeness (QED) is 0.131. The van der Waals surface area contributed by atoms with E-state index in [0.29, 0.717) is 22.8 Å². The van der Waals surface area contributed by atoms with Crippen molar-refractivity contribution >= 4 is 38.5 Å². The van der Waals surface area contributed by atoms with Crippen LogP contribution in [0.3, 0.4) is 0 Å². The van der Waals surface area contributed by atoms with Gasteiger partial charge >= 0.3 is 18.8 Å². The van der Waals surface area contributed by atoms with E-state index in [1.165, 1.54) is 15.4 Å². The SMILES string of the molecule is Cc1nn(-c2ccccc2)c([O-])c1N=Nc1cc(S(N)(=O)=O)ccc1[O-].Cc1nn(-c2ccccc2)c([O-])c1N=Nc1ccc([N+](=O)[O-])cc1[O-].[Cr+3].[H+]. The number of nitro groups is 1. The number of nitrogens with two attached hydrogens (primary N) is 1. The Morgan fingerprint density at radius 2 is 1.15 bits per heavy atom. The number of rotatable bonds is 8. The van der Waals surface area contributed by atoms with E-state index in [2.05, 4.69) is 30.7 Å². The number of benzene rings is 4. The molecule has 0 aliphatic carbocycles. The van der Waals surface area contributed by atoms with E-state index in [4.69, 9.17) is 5.14 Å². The van der Waals surface area contributed by atoms with Crippen molar-refractivity contribution in [1.82, 2.24) is 19.6 Å². The number of non-ortho nitro benzene ring substituents is 1. The maximum atomic E-state index is 12.5. The van der Waals surface area contributed by atoms with E-state index in [-0.39, 0.29) is 52.1 Å². The van der Waals surface area contributed by atoms with E-state index in [1.807, 2.05) is 6.07 Å². The zero-order valence-electron chi connectivity index (χ0n) is 27.9. The van der Waals surface area contributed by atoms with Gasteiger partial charge in [-0.25, -0.2) is 22.9 Å². The molecule has 20 heteroatoms. The second-order valence-electron chi connectivity index (χ2n) is 10.5. The Balaban J connectivity index is 0.000000275. The molecule has 0 amide bonds. The first-order valence-electron chi connectivity index (χ1n) is 14.5. The standard InChI is InChI=1S/C16H15N5O4S.C16H13N5O4.Cr/c1-10-15(16(23)21(20-10)11-5-3-2-4-6-11)19-18-13-9-12(26(17,24)25)7-8-14(13)22;1-10-15(16(23)20(19-10)11-5-3-2-4-6-11)18-17-13-8-7-12(21(24)25)9-14(13)22;/h2-9,22-23H,1H3,(H2,17,24,25);2-9,22-23H,1H3;/q;;+3/p-3. The van der Waals surface area contributed by atoms with Crippen molar-refractivity contribution in [2.45, 2.75) is 18.7 Å². The first-order valence-corrected chi connectivity index (χ1v) is 16.1. The van der Waals surface area contributed by atoms with Crippen LogP contribution in [0.5, 0.6) is 23.3 Å². The number of aromatic nitrogens is 4. The van der Waals surface area contributed by atoms with E-state index >= 15 is 0 Å². The molecule has 0 bridgehead atoms. The number of hydrogen-bond donors (Lipinski definition) is 1. The topological polar surface area (TPSA) is 281 Å². The number of nitro benzene ring substituents is 1. The Morgan fingerprint density at radius 1 is 0.673 bits per heavy atom. The Bertz CT molecular complexity index is 2410. The van der Waals surface area contributed by atoms with Crippen LogP contribution in [0.4, 0.5) is 28.4 Å². The Kier molecular flexibility index (Phi) is 11.8. The number of primary sulfonamides is 1. The zero-order valence-corrected chi connectivity index (χ0v) is 29.0. The summed E-state index contributed by atoms with van der Waals surface area (Å²) in [6.45, 7) is 3.18. The molecule has 0 saturated heterocycles. The molecular weight excluding hydrogens is 736 g/mol. The Morgan fingerprint density at radius 3 is 1.60 bits per heavy atom. The molecule has 0 saturated carbocycles. The van der Waals surface area contributed by atoms with Gasteiger partial charge in [0.2, 0.25) is 10.0 Å². The summed E-state index contributed by atoms with van der Waals surface area (Å²) >= 11 is 0. The molecule has 6 rings (SSSR count). The number of sulfonamides is 1. The van der Waals surface area contributed by atoms with Crippen LogP contribution in [0.25, 0.3) is 11.4 Å². The van der Waals surface area contributed by atoms with Crippen LogP contribution in [0, 0.1) is 24.0 Å². The molecular formula is C32H25CrN10O8S. The minimum absolute atomic E-state index is 0. The van der Waals surface area contributed by atoms with Crippen LogP contribution >= 0.6 is 0 Å². The van der Waals surface area contributed by atoms with Gasteiger partial charge in [0, 0.05) is 23.9 Å². The molecule has 263 valence electrons. The fourth-order valence-electron chi connectivity index (χ4n) is 4.37. The summed E-state index contributed by atoms with van der Waals surface area (Å²) < 4.78 is 25.1. The van der Waals surface area contributed by atoms with Crippen molar-refractivity contribution in [3.8, 4) is 34.6 Å². The smallest absolute Gasteiger partial charge is 0.871 e. The van der Waals surface area contributed by atoms with Gasteiger partial charge in [0.15, 0.2) is 0 Å². The van der Waals surface area contributed by atoms with Crippen LogP contribution in [0.1, 0.15) is 12.8 Å². The Hall–Kier alpha value is -6.46. The molecule has 2 N–H and O–H groups in total. The van der Waals surface area contributed by atoms with Gasteiger partial charge in [-0.3, -0.25) is 10.1 Å². The zero-order chi connectivity index (χ0) is 36.9. The fourth-order valence-corrected chi connectivity index (χ4v) is 4.91. The molecule has 2 aromatic heterocycles. The van der Waals surface area contributed by atoms with Crippen LogP contribution in [-0.2, 0) is 27.4 Å². The van der Waals surface area contributed by atoms with Crippen LogP contribution in [0.2, 0.25) is 0 Å². The predicted molar refractivity (Wildman–Crippen MR) is 175 cm³/mol. The third kappa shape index (κ3) is 8.63. The first kappa shape index (κ1) is 38.3. The molecule has 4 aromatic carbocycles. The van der Waals surface area contributed by atoms with Crippen LogP contribution in [-0.4, -0.2) is 32.9 Å². The number of aryl methyl sites for hydroxylation is 2. The van der Waals surface area contributed by atoms with Gasteiger partial charge in [0.05, 0.1) is 44.0 Å². The molecule has 52 heavy (non-hydrogen) atoms. The molecule has 18 nitrogen and oxygen atoms in total. The van der Waals surface area contributed by atoms with Gasteiger partial charge in [-0.2, -0.15) is 20.4 Å². The average molecular weight is 762 g/mol. The summed E-state index contributed by atoms with van der Waals surface area (Å²) in [7, 11) is -3.99. The number of hydrogen-bond acceptors (Lipinski definition) is 14. The molecule has 0 unspecified atom stereocenters. The van der Waals surface area contributed by atoms with E-state index < -0.39 is 38.2 Å². The monoisotopic (exact) mass is 761 g/mol.